The van der Waals surface area contributed by atoms with E-state index in [0.29, 0.717) is 17.6 Å². The van der Waals surface area contributed by atoms with Crippen LogP contribution >= 0.6 is 0 Å². The monoisotopic (exact) mass is 273 g/mol. The third kappa shape index (κ3) is 2.35. The molecule has 20 heavy (non-hydrogen) atoms. The highest BCUT2D eigenvalue weighted by Gasteiger charge is 2.57. The molecule has 0 aromatic heterocycles. The minimum Gasteiger partial charge on any atom is -0.490 e. The SMILES string of the molecule is CCNC1CC(Oc2ccc(CC)cc2)C12CCCC2. The molecule has 2 aliphatic carbocycles. The van der Waals surface area contributed by atoms with E-state index in [-0.39, 0.29) is 0 Å². The number of hydrogen-bond acceptors (Lipinski definition) is 2. The molecule has 1 N–H and O–H groups in total. The fraction of sp³-hybridized carbons (Fsp3) is 0.667. The van der Waals surface area contributed by atoms with Gasteiger partial charge in [-0.1, -0.05) is 38.8 Å². The van der Waals surface area contributed by atoms with E-state index in [9.17, 15) is 0 Å². The van der Waals surface area contributed by atoms with Crippen molar-refractivity contribution >= 4 is 0 Å². The molecule has 2 atom stereocenters. The van der Waals surface area contributed by atoms with E-state index in [1.54, 1.807) is 0 Å². The van der Waals surface area contributed by atoms with Gasteiger partial charge in [0.15, 0.2) is 0 Å². The van der Waals surface area contributed by atoms with Crippen LogP contribution in [0, 0.1) is 5.41 Å². The van der Waals surface area contributed by atoms with Crippen molar-refractivity contribution in [2.75, 3.05) is 6.54 Å². The summed E-state index contributed by atoms with van der Waals surface area (Å²) in [6.07, 6.45) is 8.10. The van der Waals surface area contributed by atoms with Gasteiger partial charge in [0.25, 0.3) is 0 Å². The molecule has 3 rings (SSSR count). The number of nitrogens with one attached hydrogen (secondary N) is 1. The maximum atomic E-state index is 6.32. The molecule has 0 saturated heterocycles. The Labute approximate surface area is 122 Å². The lowest BCUT2D eigenvalue weighted by Crippen LogP contribution is -2.63. The van der Waals surface area contributed by atoms with Crippen LogP contribution in [0.1, 0.15) is 51.5 Å². The first-order valence-electron chi connectivity index (χ1n) is 8.27. The second kappa shape index (κ2) is 5.77. The van der Waals surface area contributed by atoms with Crippen molar-refractivity contribution in [3.63, 3.8) is 0 Å². The van der Waals surface area contributed by atoms with Gasteiger partial charge in [-0.15, -0.1) is 0 Å². The first-order chi connectivity index (χ1) is 9.78. The lowest BCUT2D eigenvalue weighted by molar-refractivity contribution is -0.0755. The van der Waals surface area contributed by atoms with E-state index in [4.69, 9.17) is 4.74 Å². The molecule has 2 unspecified atom stereocenters. The molecular formula is C18H27NO. The van der Waals surface area contributed by atoms with Crippen LogP contribution in [0.2, 0.25) is 0 Å². The van der Waals surface area contributed by atoms with Gasteiger partial charge in [0.2, 0.25) is 0 Å². The average molecular weight is 273 g/mol. The molecule has 2 aliphatic rings. The lowest BCUT2D eigenvalue weighted by atomic mass is 9.60. The van der Waals surface area contributed by atoms with Gasteiger partial charge in [-0.2, -0.15) is 0 Å². The highest BCUT2D eigenvalue weighted by atomic mass is 16.5. The molecule has 1 aromatic carbocycles. The molecule has 1 aromatic rings. The van der Waals surface area contributed by atoms with Crippen molar-refractivity contribution in [3.8, 4) is 5.75 Å². The number of rotatable bonds is 5. The van der Waals surface area contributed by atoms with Gasteiger partial charge < -0.3 is 10.1 Å². The molecule has 0 bridgehead atoms. The summed E-state index contributed by atoms with van der Waals surface area (Å²) >= 11 is 0. The Balaban J connectivity index is 1.67. The van der Waals surface area contributed by atoms with Crippen molar-refractivity contribution in [2.45, 2.75) is 64.5 Å². The van der Waals surface area contributed by atoms with Crippen LogP contribution in [0.4, 0.5) is 0 Å². The smallest absolute Gasteiger partial charge is 0.119 e. The maximum Gasteiger partial charge on any atom is 0.119 e. The van der Waals surface area contributed by atoms with Crippen LogP contribution in [0.5, 0.6) is 5.75 Å². The summed E-state index contributed by atoms with van der Waals surface area (Å²) in [5.74, 6) is 1.05. The zero-order valence-corrected chi connectivity index (χ0v) is 12.8. The molecule has 1 spiro atoms. The zero-order valence-electron chi connectivity index (χ0n) is 12.8. The standard InChI is InChI=1S/C18H27NO/c1-3-14-7-9-15(10-8-14)20-17-13-16(19-4-2)18(17)11-5-6-12-18/h7-10,16-17,19H,3-6,11-13H2,1-2H3. The number of ether oxygens (including phenoxy) is 1. The van der Waals surface area contributed by atoms with Gasteiger partial charge >= 0.3 is 0 Å². The summed E-state index contributed by atoms with van der Waals surface area (Å²) < 4.78 is 6.32. The van der Waals surface area contributed by atoms with E-state index in [1.165, 1.54) is 37.7 Å². The highest BCUT2D eigenvalue weighted by Crippen LogP contribution is 2.54. The van der Waals surface area contributed by atoms with E-state index >= 15 is 0 Å². The van der Waals surface area contributed by atoms with Crippen molar-refractivity contribution in [1.29, 1.82) is 0 Å². The van der Waals surface area contributed by atoms with Gasteiger partial charge in [-0.25, -0.2) is 0 Å². The fourth-order valence-corrected chi connectivity index (χ4v) is 4.12. The van der Waals surface area contributed by atoms with E-state index in [2.05, 4.69) is 43.4 Å². The second-order valence-corrected chi connectivity index (χ2v) is 6.39. The Bertz CT molecular complexity index is 433. The molecule has 110 valence electrons. The predicted molar refractivity (Wildman–Crippen MR) is 83.2 cm³/mol. The van der Waals surface area contributed by atoms with Crippen LogP contribution in [-0.2, 0) is 6.42 Å². The van der Waals surface area contributed by atoms with Crippen LogP contribution in [0.3, 0.4) is 0 Å². The van der Waals surface area contributed by atoms with Gasteiger partial charge in [0.05, 0.1) is 0 Å². The molecule has 2 heteroatoms. The van der Waals surface area contributed by atoms with Crippen molar-refractivity contribution in [2.24, 2.45) is 5.41 Å². The average Bonchev–Trinajstić information content (AvgIpc) is 2.99. The predicted octanol–water partition coefficient (Wildman–Crippen LogP) is 3.94. The number of aryl methyl sites for hydroxylation is 1. The summed E-state index contributed by atoms with van der Waals surface area (Å²) in [4.78, 5) is 0. The highest BCUT2D eigenvalue weighted by molar-refractivity contribution is 5.28. The van der Waals surface area contributed by atoms with Crippen LogP contribution in [0.15, 0.2) is 24.3 Å². The van der Waals surface area contributed by atoms with Crippen molar-refractivity contribution in [1.82, 2.24) is 5.32 Å². The minimum absolute atomic E-state index is 0.416. The molecule has 2 nitrogen and oxygen atoms in total. The quantitative estimate of drug-likeness (QED) is 0.877. The normalized spacial score (nSPS) is 27.5. The van der Waals surface area contributed by atoms with Crippen LogP contribution < -0.4 is 10.1 Å². The zero-order chi connectivity index (χ0) is 14.0. The minimum atomic E-state index is 0.416. The first kappa shape index (κ1) is 13.9. The molecule has 0 amide bonds. The lowest BCUT2D eigenvalue weighted by Gasteiger charge is -2.54. The summed E-state index contributed by atoms with van der Waals surface area (Å²) in [5.41, 5.74) is 1.80. The van der Waals surface area contributed by atoms with Gasteiger partial charge in [0.1, 0.15) is 11.9 Å². The van der Waals surface area contributed by atoms with E-state index < -0.39 is 0 Å². The van der Waals surface area contributed by atoms with Crippen molar-refractivity contribution in [3.05, 3.63) is 29.8 Å². The first-order valence-corrected chi connectivity index (χ1v) is 8.27. The van der Waals surface area contributed by atoms with Gasteiger partial charge in [-0.05, 0) is 43.5 Å². The Morgan fingerprint density at radius 3 is 2.45 bits per heavy atom. The summed E-state index contributed by atoms with van der Waals surface area (Å²) in [7, 11) is 0. The van der Waals surface area contributed by atoms with Crippen LogP contribution in [0.25, 0.3) is 0 Å². The largest absolute Gasteiger partial charge is 0.490 e. The fourth-order valence-electron chi connectivity index (χ4n) is 4.12. The van der Waals surface area contributed by atoms with E-state index in [1.807, 2.05) is 0 Å². The molecule has 0 heterocycles. The summed E-state index contributed by atoms with van der Waals surface area (Å²) in [5, 5.41) is 3.67. The van der Waals surface area contributed by atoms with Gasteiger partial charge in [0, 0.05) is 17.9 Å². The Hall–Kier alpha value is -1.02. The number of benzene rings is 1. The molecule has 2 fully saturated rings. The van der Waals surface area contributed by atoms with Gasteiger partial charge in [-0.3, -0.25) is 0 Å². The van der Waals surface area contributed by atoms with E-state index in [0.717, 1.165) is 18.7 Å². The Morgan fingerprint density at radius 2 is 1.85 bits per heavy atom. The Morgan fingerprint density at radius 1 is 1.15 bits per heavy atom. The topological polar surface area (TPSA) is 21.3 Å². The summed E-state index contributed by atoms with van der Waals surface area (Å²) in [6.45, 7) is 5.47. The Kier molecular flexibility index (Phi) is 4.02. The third-order valence-electron chi connectivity index (χ3n) is 5.38. The third-order valence-corrected chi connectivity index (χ3v) is 5.38. The molecule has 0 aliphatic heterocycles. The molecule has 0 radical (unpaired) electrons. The summed E-state index contributed by atoms with van der Waals surface area (Å²) in [6, 6.07) is 9.34. The molecule has 2 saturated carbocycles. The molecular weight excluding hydrogens is 246 g/mol. The van der Waals surface area contributed by atoms with Crippen LogP contribution in [-0.4, -0.2) is 18.7 Å². The maximum absolute atomic E-state index is 6.32. The second-order valence-electron chi connectivity index (χ2n) is 6.39. The number of hydrogen-bond donors (Lipinski definition) is 1. The van der Waals surface area contributed by atoms with Crippen molar-refractivity contribution < 1.29 is 4.74 Å².